The van der Waals surface area contributed by atoms with E-state index in [9.17, 15) is 36.0 Å². The van der Waals surface area contributed by atoms with Gasteiger partial charge in [-0.25, -0.2) is 18.0 Å². The van der Waals surface area contributed by atoms with E-state index in [1.165, 1.54) is 0 Å². The van der Waals surface area contributed by atoms with Crippen LogP contribution < -0.4 is 16.1 Å². The Bertz CT molecular complexity index is 1100. The van der Waals surface area contributed by atoms with E-state index in [1.807, 2.05) is 4.98 Å². The molecule has 0 bridgehead atoms. The number of H-pyrrole nitrogens is 1. The molecule has 2 aromatic rings. The summed E-state index contributed by atoms with van der Waals surface area (Å²) in [5.41, 5.74) is -4.94. The highest BCUT2D eigenvalue weighted by atomic mass is 32.2. The number of sulfonamides is 1. The molecule has 0 aliphatic carbocycles. The summed E-state index contributed by atoms with van der Waals surface area (Å²) in [5, 5.41) is -0.437. The standard InChI is InChI=1S/C14H14F3N3O5S/c1-3-4-11(21)7-5-8-10(6-9(7)14(15,16)17)18-13(23)20(12(8)22)19-26(2,24)25/h5-6,19H,3-4H2,1-2H3,(H,18,23). The highest BCUT2D eigenvalue weighted by molar-refractivity contribution is 7.91. The first kappa shape index (κ1) is 19.7. The number of fused-ring (bicyclic) bond motifs is 1. The van der Waals surface area contributed by atoms with Crippen molar-refractivity contribution in [3.8, 4) is 0 Å². The first-order chi connectivity index (χ1) is 11.8. The average molecular weight is 393 g/mol. The van der Waals surface area contributed by atoms with Crippen LogP contribution in [0, 0.1) is 0 Å². The van der Waals surface area contributed by atoms with Crippen LogP contribution in [0.2, 0.25) is 0 Å². The summed E-state index contributed by atoms with van der Waals surface area (Å²) < 4.78 is 62.4. The van der Waals surface area contributed by atoms with Crippen molar-refractivity contribution in [2.24, 2.45) is 0 Å². The predicted molar refractivity (Wildman–Crippen MR) is 87.3 cm³/mol. The van der Waals surface area contributed by atoms with Gasteiger partial charge < -0.3 is 4.98 Å². The zero-order chi connectivity index (χ0) is 19.9. The number of Topliss-reactive ketones (excluding diaryl/α,β-unsaturated/α-hetero) is 1. The van der Waals surface area contributed by atoms with Gasteiger partial charge in [0.2, 0.25) is 10.0 Å². The monoisotopic (exact) mass is 393 g/mol. The van der Waals surface area contributed by atoms with Crippen molar-refractivity contribution < 1.29 is 26.4 Å². The Kier molecular flexibility index (Phi) is 4.99. The van der Waals surface area contributed by atoms with Gasteiger partial charge in [-0.05, 0) is 18.6 Å². The van der Waals surface area contributed by atoms with Crippen LogP contribution in [0.15, 0.2) is 21.7 Å². The van der Waals surface area contributed by atoms with Crippen LogP contribution in [0.5, 0.6) is 0 Å². The normalized spacial score (nSPS) is 12.3. The first-order valence-electron chi connectivity index (χ1n) is 7.26. The van der Waals surface area contributed by atoms with Gasteiger partial charge in [0, 0.05) is 12.0 Å². The number of rotatable bonds is 5. The predicted octanol–water partition coefficient (Wildman–Crippen LogP) is 1.19. The molecule has 2 N–H and O–H groups in total. The molecule has 0 radical (unpaired) electrons. The minimum atomic E-state index is -4.89. The topological polar surface area (TPSA) is 118 Å². The van der Waals surface area contributed by atoms with Gasteiger partial charge in [0.15, 0.2) is 5.78 Å². The van der Waals surface area contributed by atoms with Crippen molar-refractivity contribution in [2.75, 3.05) is 11.1 Å². The Balaban J connectivity index is 2.88. The van der Waals surface area contributed by atoms with Gasteiger partial charge >= 0.3 is 11.9 Å². The number of ketones is 1. The molecule has 0 unspecified atom stereocenters. The molecule has 1 aromatic carbocycles. The summed E-state index contributed by atoms with van der Waals surface area (Å²) in [6, 6.07) is 1.21. The quantitative estimate of drug-likeness (QED) is 0.740. The van der Waals surface area contributed by atoms with Crippen LogP contribution in [0.3, 0.4) is 0 Å². The van der Waals surface area contributed by atoms with Crippen LogP contribution in [-0.2, 0) is 16.2 Å². The number of alkyl halides is 3. The molecule has 0 fully saturated rings. The maximum absolute atomic E-state index is 13.3. The van der Waals surface area contributed by atoms with E-state index in [1.54, 1.807) is 11.8 Å². The molecule has 1 heterocycles. The third kappa shape index (κ3) is 3.95. The Morgan fingerprint density at radius 1 is 1.27 bits per heavy atom. The summed E-state index contributed by atoms with van der Waals surface area (Å²) >= 11 is 0. The lowest BCUT2D eigenvalue weighted by Gasteiger charge is -2.14. The zero-order valence-corrected chi connectivity index (χ0v) is 14.4. The van der Waals surface area contributed by atoms with Gasteiger partial charge in [0.25, 0.3) is 5.56 Å². The van der Waals surface area contributed by atoms with Crippen molar-refractivity contribution >= 4 is 26.7 Å². The van der Waals surface area contributed by atoms with E-state index in [2.05, 4.69) is 0 Å². The second-order valence-corrected chi connectivity index (χ2v) is 7.28. The molecule has 26 heavy (non-hydrogen) atoms. The van der Waals surface area contributed by atoms with Crippen molar-refractivity contribution in [2.45, 2.75) is 25.9 Å². The number of hydrogen-bond acceptors (Lipinski definition) is 5. The van der Waals surface area contributed by atoms with Gasteiger partial charge in [-0.1, -0.05) is 6.92 Å². The minimum Gasteiger partial charge on any atom is -0.305 e. The molecule has 0 saturated heterocycles. The number of aromatic amines is 1. The van der Waals surface area contributed by atoms with Crippen molar-refractivity contribution in [3.63, 3.8) is 0 Å². The molecular formula is C14H14F3N3O5S. The lowest BCUT2D eigenvalue weighted by atomic mass is 9.98. The van der Waals surface area contributed by atoms with E-state index in [0.29, 0.717) is 18.7 Å². The SMILES string of the molecule is CCCC(=O)c1cc2c(=O)n(NS(C)(=O)=O)c(=O)[nH]c2cc1C(F)(F)F. The van der Waals surface area contributed by atoms with E-state index >= 15 is 0 Å². The molecule has 12 heteroatoms. The summed E-state index contributed by atoms with van der Waals surface area (Å²) in [7, 11) is -4.01. The molecule has 1 aromatic heterocycles. The third-order valence-corrected chi connectivity index (χ3v) is 3.89. The maximum atomic E-state index is 13.3. The summed E-state index contributed by atoms with van der Waals surface area (Å²) in [4.78, 5) is 39.9. The van der Waals surface area contributed by atoms with Gasteiger partial charge in [0.05, 0.1) is 22.7 Å². The number of nitrogens with one attached hydrogen (secondary N) is 2. The largest absolute Gasteiger partial charge is 0.417 e. The molecule has 0 amide bonds. The van der Waals surface area contributed by atoms with Gasteiger partial charge in [-0.15, -0.1) is 0 Å². The molecular weight excluding hydrogens is 379 g/mol. The van der Waals surface area contributed by atoms with Crippen LogP contribution in [-0.4, -0.2) is 30.1 Å². The Morgan fingerprint density at radius 2 is 1.88 bits per heavy atom. The fraction of sp³-hybridized carbons (Fsp3) is 0.357. The second-order valence-electron chi connectivity index (χ2n) is 5.55. The molecule has 0 saturated carbocycles. The van der Waals surface area contributed by atoms with E-state index in [4.69, 9.17) is 0 Å². The van der Waals surface area contributed by atoms with E-state index in [-0.39, 0.29) is 11.1 Å². The third-order valence-electron chi connectivity index (χ3n) is 3.38. The number of carbonyl (C=O) groups is 1. The van der Waals surface area contributed by atoms with E-state index in [0.717, 1.165) is 6.07 Å². The highest BCUT2D eigenvalue weighted by Crippen LogP contribution is 2.34. The number of nitrogens with zero attached hydrogens (tertiary/aromatic N) is 1. The maximum Gasteiger partial charge on any atom is 0.417 e. The van der Waals surface area contributed by atoms with Crippen molar-refractivity contribution in [3.05, 3.63) is 44.1 Å². The van der Waals surface area contributed by atoms with Gasteiger partial charge in [-0.2, -0.15) is 17.8 Å². The molecule has 0 aliphatic rings. The fourth-order valence-electron chi connectivity index (χ4n) is 2.34. The van der Waals surface area contributed by atoms with Crippen LogP contribution in [0.1, 0.15) is 35.7 Å². The van der Waals surface area contributed by atoms with E-state index < -0.39 is 55.3 Å². The van der Waals surface area contributed by atoms with Crippen molar-refractivity contribution in [1.82, 2.24) is 9.66 Å². The fourth-order valence-corrected chi connectivity index (χ4v) is 2.84. The lowest BCUT2D eigenvalue weighted by Crippen LogP contribution is -2.43. The van der Waals surface area contributed by atoms with Crippen LogP contribution >= 0.6 is 0 Å². The number of halogens is 3. The minimum absolute atomic E-state index is 0.110. The van der Waals surface area contributed by atoms with Crippen LogP contribution in [0.4, 0.5) is 13.2 Å². The zero-order valence-electron chi connectivity index (χ0n) is 13.6. The Labute approximate surface area is 144 Å². The van der Waals surface area contributed by atoms with Gasteiger partial charge in [-0.3, -0.25) is 9.59 Å². The summed E-state index contributed by atoms with van der Waals surface area (Å²) in [6.45, 7) is 1.60. The molecule has 0 aliphatic heterocycles. The lowest BCUT2D eigenvalue weighted by molar-refractivity contribution is -0.137. The Morgan fingerprint density at radius 3 is 2.38 bits per heavy atom. The molecule has 0 spiro atoms. The number of aromatic nitrogens is 2. The summed E-state index contributed by atoms with van der Waals surface area (Å²) in [5.74, 6) is -0.824. The molecule has 2 rings (SSSR count). The smallest absolute Gasteiger partial charge is 0.305 e. The van der Waals surface area contributed by atoms with Crippen molar-refractivity contribution in [1.29, 1.82) is 0 Å². The van der Waals surface area contributed by atoms with Crippen LogP contribution in [0.25, 0.3) is 10.9 Å². The molecule has 8 nitrogen and oxygen atoms in total. The average Bonchev–Trinajstić information content (AvgIpc) is 2.49. The highest BCUT2D eigenvalue weighted by Gasteiger charge is 2.36. The number of hydrogen-bond donors (Lipinski definition) is 2. The molecule has 142 valence electrons. The number of carbonyl (C=O) groups excluding carboxylic acids is 1. The molecule has 0 atom stereocenters. The number of benzene rings is 1. The first-order valence-corrected chi connectivity index (χ1v) is 9.15. The summed E-state index contributed by atoms with van der Waals surface area (Å²) in [6.07, 6.45) is -4.08. The second kappa shape index (κ2) is 6.59. The Hall–Kier alpha value is -2.63. The van der Waals surface area contributed by atoms with Gasteiger partial charge in [0.1, 0.15) is 0 Å².